The van der Waals surface area contributed by atoms with Crippen molar-refractivity contribution >= 4 is 23.2 Å². The van der Waals surface area contributed by atoms with Gasteiger partial charge in [0.2, 0.25) is 5.65 Å². The second-order valence-electron chi connectivity index (χ2n) is 6.78. The van der Waals surface area contributed by atoms with Crippen molar-refractivity contribution in [3.63, 3.8) is 0 Å². The van der Waals surface area contributed by atoms with Crippen LogP contribution in [0.25, 0.3) is 16.9 Å². The van der Waals surface area contributed by atoms with Crippen molar-refractivity contribution in [1.29, 1.82) is 0 Å². The number of nitrogens with zero attached hydrogens (tertiary/aromatic N) is 4. The van der Waals surface area contributed by atoms with Crippen molar-refractivity contribution in [3.05, 3.63) is 69.4 Å². The first-order valence-corrected chi connectivity index (χ1v) is 8.89. The second kappa shape index (κ2) is 7.40. The largest absolute Gasteiger partial charge is 0.343 e. The SMILES string of the molecule is CC(C)=CCn1c(-c2cccc(Cl)c2)cn2cc(C(=O)N(C)C)nc2c1=O. The van der Waals surface area contributed by atoms with E-state index in [-0.39, 0.29) is 22.8 Å². The predicted molar refractivity (Wildman–Crippen MR) is 107 cm³/mol. The van der Waals surface area contributed by atoms with E-state index in [9.17, 15) is 9.59 Å². The molecule has 0 fully saturated rings. The maximum Gasteiger partial charge on any atom is 0.295 e. The van der Waals surface area contributed by atoms with Crippen LogP contribution >= 0.6 is 11.6 Å². The van der Waals surface area contributed by atoms with E-state index in [1.54, 1.807) is 41.5 Å². The van der Waals surface area contributed by atoms with Gasteiger partial charge in [-0.2, -0.15) is 0 Å². The number of carbonyl (C=O) groups excluding carboxylic acids is 1. The van der Waals surface area contributed by atoms with Gasteiger partial charge in [-0.25, -0.2) is 4.98 Å². The normalized spacial score (nSPS) is 10.9. The molecule has 0 saturated heterocycles. The number of imidazole rings is 1. The quantitative estimate of drug-likeness (QED) is 0.647. The van der Waals surface area contributed by atoms with Crippen molar-refractivity contribution in [2.24, 2.45) is 0 Å². The zero-order valence-electron chi connectivity index (χ0n) is 15.7. The Labute approximate surface area is 162 Å². The van der Waals surface area contributed by atoms with Crippen molar-refractivity contribution < 1.29 is 4.79 Å². The molecule has 1 aromatic carbocycles. The van der Waals surface area contributed by atoms with Gasteiger partial charge in [-0.05, 0) is 26.0 Å². The molecular formula is C20H21ClN4O2. The van der Waals surface area contributed by atoms with E-state index in [1.807, 2.05) is 38.1 Å². The van der Waals surface area contributed by atoms with Crippen LogP contribution in [-0.2, 0) is 6.54 Å². The number of carbonyl (C=O) groups is 1. The first-order chi connectivity index (χ1) is 12.8. The van der Waals surface area contributed by atoms with Crippen LogP contribution in [0.3, 0.4) is 0 Å². The molecule has 3 aromatic rings. The van der Waals surface area contributed by atoms with Crippen LogP contribution < -0.4 is 5.56 Å². The summed E-state index contributed by atoms with van der Waals surface area (Å²) in [5, 5.41) is 0.586. The first-order valence-electron chi connectivity index (χ1n) is 8.51. The fraction of sp³-hybridized carbons (Fsp3) is 0.250. The molecule has 2 aromatic heterocycles. The minimum Gasteiger partial charge on any atom is -0.343 e. The third-order valence-corrected chi connectivity index (χ3v) is 4.38. The molecule has 3 rings (SSSR count). The summed E-state index contributed by atoms with van der Waals surface area (Å²) in [6, 6.07) is 7.33. The van der Waals surface area contributed by atoms with Gasteiger partial charge in [-0.3, -0.25) is 18.6 Å². The molecule has 0 N–H and O–H groups in total. The topological polar surface area (TPSA) is 59.6 Å². The predicted octanol–water partition coefficient (Wildman–Crippen LogP) is 3.48. The van der Waals surface area contributed by atoms with Crippen LogP contribution in [-0.4, -0.2) is 38.9 Å². The van der Waals surface area contributed by atoms with E-state index in [1.165, 1.54) is 4.90 Å². The van der Waals surface area contributed by atoms with Crippen molar-refractivity contribution in [2.45, 2.75) is 20.4 Å². The number of halogens is 1. The van der Waals surface area contributed by atoms with Gasteiger partial charge in [-0.15, -0.1) is 0 Å². The van der Waals surface area contributed by atoms with Gasteiger partial charge in [0, 0.05) is 43.6 Å². The monoisotopic (exact) mass is 384 g/mol. The Bertz CT molecular complexity index is 1100. The number of rotatable bonds is 4. The zero-order chi connectivity index (χ0) is 19.7. The lowest BCUT2D eigenvalue weighted by Gasteiger charge is -2.13. The molecule has 0 spiro atoms. The Kier molecular flexibility index (Phi) is 5.19. The summed E-state index contributed by atoms with van der Waals surface area (Å²) in [7, 11) is 3.30. The Morgan fingerprint density at radius 1 is 1.26 bits per heavy atom. The summed E-state index contributed by atoms with van der Waals surface area (Å²) in [6.45, 7) is 4.36. The lowest BCUT2D eigenvalue weighted by Crippen LogP contribution is -2.24. The Morgan fingerprint density at radius 2 is 2.00 bits per heavy atom. The maximum atomic E-state index is 13.1. The average molecular weight is 385 g/mol. The standard InChI is InChI=1S/C20H21ClN4O2/c1-13(2)8-9-25-17(14-6-5-7-15(21)10-14)12-24-11-16(19(26)23(3)4)22-18(24)20(25)27/h5-8,10-12H,9H2,1-4H3. The number of benzene rings is 1. The molecule has 140 valence electrons. The lowest BCUT2D eigenvalue weighted by molar-refractivity contribution is 0.0822. The van der Waals surface area contributed by atoms with Gasteiger partial charge in [-0.1, -0.05) is 35.4 Å². The fourth-order valence-electron chi connectivity index (χ4n) is 2.75. The lowest BCUT2D eigenvalue weighted by atomic mass is 10.1. The number of hydrogen-bond acceptors (Lipinski definition) is 3. The summed E-state index contributed by atoms with van der Waals surface area (Å²) in [6.07, 6.45) is 5.36. The zero-order valence-corrected chi connectivity index (χ0v) is 16.5. The summed E-state index contributed by atoms with van der Waals surface area (Å²) in [5.41, 5.74) is 2.81. The number of allylic oxidation sites excluding steroid dienone is 2. The molecular weight excluding hydrogens is 364 g/mol. The minimum atomic E-state index is -0.261. The molecule has 0 atom stereocenters. The molecule has 0 bridgehead atoms. The molecule has 0 aliphatic carbocycles. The highest BCUT2D eigenvalue weighted by Crippen LogP contribution is 2.22. The molecule has 0 aliphatic rings. The fourth-order valence-corrected chi connectivity index (χ4v) is 2.94. The molecule has 6 nitrogen and oxygen atoms in total. The van der Waals surface area contributed by atoms with Crippen LogP contribution in [0.2, 0.25) is 5.02 Å². The maximum absolute atomic E-state index is 13.1. The van der Waals surface area contributed by atoms with Gasteiger partial charge in [0.15, 0.2) is 0 Å². The molecule has 0 unspecified atom stereocenters. The van der Waals surface area contributed by atoms with E-state index >= 15 is 0 Å². The van der Waals surface area contributed by atoms with E-state index < -0.39 is 0 Å². The minimum absolute atomic E-state index is 0.216. The Hall–Kier alpha value is -2.86. The third-order valence-electron chi connectivity index (χ3n) is 4.15. The molecule has 0 radical (unpaired) electrons. The van der Waals surface area contributed by atoms with E-state index in [4.69, 9.17) is 11.6 Å². The Balaban J connectivity index is 2.28. The van der Waals surface area contributed by atoms with Crippen LogP contribution in [0.15, 0.2) is 53.1 Å². The number of aromatic nitrogens is 3. The summed E-state index contributed by atoms with van der Waals surface area (Å²) < 4.78 is 3.25. The smallest absolute Gasteiger partial charge is 0.295 e. The van der Waals surface area contributed by atoms with Crippen LogP contribution in [0, 0.1) is 0 Å². The first kappa shape index (κ1) is 18.9. The number of amides is 1. The molecule has 7 heteroatoms. The Morgan fingerprint density at radius 3 is 2.63 bits per heavy atom. The molecule has 0 saturated carbocycles. The van der Waals surface area contributed by atoms with E-state index in [0.29, 0.717) is 17.3 Å². The third kappa shape index (κ3) is 3.80. The highest BCUT2D eigenvalue weighted by molar-refractivity contribution is 6.30. The summed E-state index contributed by atoms with van der Waals surface area (Å²) >= 11 is 6.14. The van der Waals surface area contributed by atoms with Crippen LogP contribution in [0.4, 0.5) is 0 Å². The molecule has 0 aliphatic heterocycles. The van der Waals surface area contributed by atoms with E-state index in [2.05, 4.69) is 4.98 Å². The van der Waals surface area contributed by atoms with Crippen LogP contribution in [0.5, 0.6) is 0 Å². The average Bonchev–Trinajstić information content (AvgIpc) is 3.04. The van der Waals surface area contributed by atoms with Crippen molar-refractivity contribution in [1.82, 2.24) is 18.9 Å². The van der Waals surface area contributed by atoms with Crippen LogP contribution in [0.1, 0.15) is 24.3 Å². The van der Waals surface area contributed by atoms with E-state index in [0.717, 1.165) is 11.1 Å². The summed E-state index contributed by atoms with van der Waals surface area (Å²) in [5.74, 6) is -0.252. The number of fused-ring (bicyclic) bond motifs is 1. The second-order valence-corrected chi connectivity index (χ2v) is 7.21. The van der Waals surface area contributed by atoms with Crippen molar-refractivity contribution in [2.75, 3.05) is 14.1 Å². The highest BCUT2D eigenvalue weighted by atomic mass is 35.5. The molecule has 1 amide bonds. The van der Waals surface area contributed by atoms with Gasteiger partial charge in [0.1, 0.15) is 5.69 Å². The van der Waals surface area contributed by atoms with Gasteiger partial charge in [0.05, 0.1) is 5.69 Å². The highest BCUT2D eigenvalue weighted by Gasteiger charge is 2.17. The van der Waals surface area contributed by atoms with Crippen molar-refractivity contribution in [3.8, 4) is 11.3 Å². The van der Waals surface area contributed by atoms with Gasteiger partial charge >= 0.3 is 0 Å². The summed E-state index contributed by atoms with van der Waals surface area (Å²) in [4.78, 5) is 31.1. The number of hydrogen-bond donors (Lipinski definition) is 0. The molecule has 2 heterocycles. The molecule has 27 heavy (non-hydrogen) atoms. The van der Waals surface area contributed by atoms with Gasteiger partial charge < -0.3 is 4.90 Å². The van der Waals surface area contributed by atoms with Gasteiger partial charge in [0.25, 0.3) is 11.5 Å².